The Labute approximate surface area is 162 Å². The lowest BCUT2D eigenvalue weighted by Gasteiger charge is -2.29. The normalized spacial score (nSPS) is 13.5. The molecular weight excluding hydrogens is 403 g/mol. The fourth-order valence-electron chi connectivity index (χ4n) is 2.13. The number of hydrogen-bond donors (Lipinski definition) is 0. The number of carboxylic acid groups (broad SMARTS) is 1. The van der Waals surface area contributed by atoms with Gasteiger partial charge in [0.25, 0.3) is 0 Å². The number of aliphatic carboxylic acids is 1. The molecule has 0 aliphatic rings. The van der Waals surface area contributed by atoms with Gasteiger partial charge in [0.2, 0.25) is 11.5 Å². The summed E-state index contributed by atoms with van der Waals surface area (Å²) in [5.74, 6) is -2.40. The molecule has 0 saturated carbocycles. The van der Waals surface area contributed by atoms with Gasteiger partial charge in [0.15, 0.2) is 5.78 Å². The zero-order chi connectivity index (χ0) is 21.1. The predicted molar refractivity (Wildman–Crippen MR) is 90.1 cm³/mol. The number of ether oxygens (including phenoxy) is 2. The minimum atomic E-state index is -4.59. The molecule has 0 radical (unpaired) electrons. The molecule has 1 unspecified atom stereocenters. The van der Waals surface area contributed by atoms with Crippen molar-refractivity contribution >= 4 is 23.4 Å². The number of pyridine rings is 1. The molecule has 0 aliphatic heterocycles. The number of hydrogen-bond acceptors (Lipinski definition) is 6. The smallest absolute Gasteiger partial charge is 0.417 e. The minimum Gasteiger partial charge on any atom is -0.545 e. The van der Waals surface area contributed by atoms with E-state index in [2.05, 4.69) is 4.98 Å². The molecule has 150 valence electrons. The van der Waals surface area contributed by atoms with Crippen molar-refractivity contribution in [1.82, 2.24) is 4.98 Å². The Morgan fingerprint density at radius 3 is 2.21 bits per heavy atom. The lowest BCUT2D eigenvalue weighted by molar-refractivity contribution is -0.318. The highest BCUT2D eigenvalue weighted by atomic mass is 35.5. The largest absolute Gasteiger partial charge is 0.545 e. The van der Waals surface area contributed by atoms with Gasteiger partial charge in [-0.3, -0.25) is 4.79 Å². The molecule has 0 N–H and O–H groups in total. The molecule has 0 aliphatic carbocycles. The monoisotopic (exact) mass is 416 g/mol. The van der Waals surface area contributed by atoms with Gasteiger partial charge in [-0.15, -0.1) is 0 Å². The summed E-state index contributed by atoms with van der Waals surface area (Å²) in [6.07, 6.45) is -4.07. The van der Waals surface area contributed by atoms with E-state index in [0.29, 0.717) is 12.3 Å². The van der Waals surface area contributed by atoms with Gasteiger partial charge in [0, 0.05) is 12.6 Å². The van der Waals surface area contributed by atoms with Crippen molar-refractivity contribution in [3.63, 3.8) is 0 Å². The van der Waals surface area contributed by atoms with E-state index in [4.69, 9.17) is 21.1 Å². The highest BCUT2D eigenvalue weighted by Gasteiger charge is 2.36. The fourth-order valence-corrected chi connectivity index (χ4v) is 2.33. The second kappa shape index (κ2) is 8.05. The zero-order valence-electron chi connectivity index (χ0n) is 14.7. The van der Waals surface area contributed by atoms with E-state index in [-0.39, 0.29) is 28.8 Å². The van der Waals surface area contributed by atoms with E-state index in [1.807, 2.05) is 0 Å². The molecule has 2 rings (SSSR count). The van der Waals surface area contributed by atoms with Crippen molar-refractivity contribution in [2.45, 2.75) is 32.0 Å². The molecule has 6 nitrogen and oxygen atoms in total. The van der Waals surface area contributed by atoms with E-state index in [0.717, 1.165) is 6.92 Å². The van der Waals surface area contributed by atoms with Crippen LogP contribution in [0, 0.1) is 0 Å². The third-order valence-corrected chi connectivity index (χ3v) is 4.01. The summed E-state index contributed by atoms with van der Waals surface area (Å²) < 4.78 is 48.4. The van der Waals surface area contributed by atoms with Gasteiger partial charge in [0.1, 0.15) is 16.5 Å². The molecule has 2 aromatic rings. The van der Waals surface area contributed by atoms with E-state index in [9.17, 15) is 27.9 Å². The van der Waals surface area contributed by atoms with Crippen molar-refractivity contribution in [3.05, 3.63) is 47.1 Å². The van der Waals surface area contributed by atoms with E-state index < -0.39 is 29.1 Å². The molecule has 0 bridgehead atoms. The Hall–Kier alpha value is -2.81. The van der Waals surface area contributed by atoms with Crippen molar-refractivity contribution in [3.8, 4) is 17.4 Å². The molecule has 0 saturated heterocycles. The zero-order valence-corrected chi connectivity index (χ0v) is 15.4. The Balaban J connectivity index is 2.17. The number of ketones is 1. The van der Waals surface area contributed by atoms with E-state index in [1.54, 1.807) is 0 Å². The molecule has 1 aromatic heterocycles. The van der Waals surface area contributed by atoms with Gasteiger partial charge < -0.3 is 19.4 Å². The molecule has 28 heavy (non-hydrogen) atoms. The summed E-state index contributed by atoms with van der Waals surface area (Å²) in [7, 11) is 0. The molecule has 1 atom stereocenters. The molecule has 1 heterocycles. The van der Waals surface area contributed by atoms with Crippen LogP contribution in [0.5, 0.6) is 17.4 Å². The number of rotatable bonds is 7. The summed E-state index contributed by atoms with van der Waals surface area (Å²) in [5, 5.41) is 10.9. The van der Waals surface area contributed by atoms with Gasteiger partial charge in [0.05, 0.1) is 11.5 Å². The number of alkyl halides is 3. The van der Waals surface area contributed by atoms with Crippen molar-refractivity contribution in [2.75, 3.05) is 0 Å². The van der Waals surface area contributed by atoms with Crippen molar-refractivity contribution < 1.29 is 37.3 Å². The average molecular weight is 417 g/mol. The first-order valence-corrected chi connectivity index (χ1v) is 8.29. The maximum atomic E-state index is 12.6. The molecular formula is C18H14ClF3NO5-. The fraction of sp³-hybridized carbons (Fsp3) is 0.278. The number of carbonyl (C=O) groups is 2. The highest BCUT2D eigenvalue weighted by molar-refractivity contribution is 6.31. The summed E-state index contributed by atoms with van der Waals surface area (Å²) >= 11 is 5.77. The Morgan fingerprint density at radius 1 is 1.18 bits per heavy atom. The molecule has 0 amide bonds. The third-order valence-electron chi connectivity index (χ3n) is 3.74. The molecule has 10 heteroatoms. The summed E-state index contributed by atoms with van der Waals surface area (Å²) in [6.45, 7) is 2.58. The van der Waals surface area contributed by atoms with Crippen LogP contribution in [0.3, 0.4) is 0 Å². The van der Waals surface area contributed by atoms with Crippen LogP contribution in [-0.4, -0.2) is 22.3 Å². The summed E-state index contributed by atoms with van der Waals surface area (Å²) in [4.78, 5) is 26.7. The van der Waals surface area contributed by atoms with Crippen LogP contribution in [0.15, 0.2) is 36.5 Å². The maximum Gasteiger partial charge on any atom is 0.417 e. The van der Waals surface area contributed by atoms with E-state index >= 15 is 0 Å². The average Bonchev–Trinajstić information content (AvgIpc) is 2.63. The van der Waals surface area contributed by atoms with Gasteiger partial charge in [-0.05, 0) is 37.3 Å². The lowest BCUT2D eigenvalue weighted by atomic mass is 9.99. The first kappa shape index (κ1) is 21.5. The third kappa shape index (κ3) is 4.72. The second-order valence-electron chi connectivity index (χ2n) is 5.78. The van der Waals surface area contributed by atoms with Crippen molar-refractivity contribution in [1.29, 1.82) is 0 Å². The second-order valence-corrected chi connectivity index (χ2v) is 6.19. The summed E-state index contributed by atoms with van der Waals surface area (Å²) in [6, 6.07) is 6.01. The number of carboxylic acids is 1. The number of carbonyl (C=O) groups excluding carboxylic acids is 2. The SMILES string of the molecule is CCC(=O)C(C)(Oc1ccc(Oc2ncc(C(F)(F)F)cc2Cl)cc1)C(=O)[O-]. The van der Waals surface area contributed by atoms with Crippen LogP contribution < -0.4 is 14.6 Å². The number of Topliss-reactive ketones (excluding diaryl/α,β-unsaturated/α-hetero) is 1. The quantitative estimate of drug-likeness (QED) is 0.643. The van der Waals surface area contributed by atoms with Crippen LogP contribution in [0.2, 0.25) is 5.02 Å². The van der Waals surface area contributed by atoms with Crippen LogP contribution in [0.4, 0.5) is 13.2 Å². The first-order chi connectivity index (χ1) is 13.0. The molecule has 0 spiro atoms. The van der Waals surface area contributed by atoms with Gasteiger partial charge in [-0.1, -0.05) is 18.5 Å². The van der Waals surface area contributed by atoms with Crippen LogP contribution in [0.1, 0.15) is 25.8 Å². The first-order valence-electron chi connectivity index (χ1n) is 7.91. The summed E-state index contributed by atoms with van der Waals surface area (Å²) in [5.41, 5.74) is -3.18. The number of benzene rings is 1. The lowest BCUT2D eigenvalue weighted by Crippen LogP contribution is -2.55. The highest BCUT2D eigenvalue weighted by Crippen LogP contribution is 2.35. The van der Waals surface area contributed by atoms with Crippen LogP contribution >= 0.6 is 11.6 Å². The van der Waals surface area contributed by atoms with Gasteiger partial charge >= 0.3 is 6.18 Å². The number of aromatic nitrogens is 1. The van der Waals surface area contributed by atoms with Crippen LogP contribution in [-0.2, 0) is 15.8 Å². The number of halogens is 4. The van der Waals surface area contributed by atoms with Crippen LogP contribution in [0.25, 0.3) is 0 Å². The van der Waals surface area contributed by atoms with E-state index in [1.165, 1.54) is 31.2 Å². The number of nitrogens with zero attached hydrogens (tertiary/aromatic N) is 1. The Bertz CT molecular complexity index is 886. The van der Waals surface area contributed by atoms with Gasteiger partial charge in [-0.2, -0.15) is 13.2 Å². The van der Waals surface area contributed by atoms with Crippen molar-refractivity contribution in [2.24, 2.45) is 0 Å². The Kier molecular flexibility index (Phi) is 6.18. The minimum absolute atomic E-state index is 0.0484. The maximum absolute atomic E-state index is 12.6. The predicted octanol–water partition coefficient (Wildman–Crippen LogP) is 3.41. The van der Waals surface area contributed by atoms with Gasteiger partial charge in [-0.25, -0.2) is 4.98 Å². The Morgan fingerprint density at radius 2 is 1.75 bits per heavy atom. The molecule has 0 fully saturated rings. The molecule has 1 aromatic carbocycles. The standard InChI is InChI=1S/C18H15ClF3NO5/c1-3-14(24)17(2,16(25)26)28-12-6-4-11(5-7-12)27-15-13(19)8-10(9-23-15)18(20,21)22/h4-9H,3H2,1-2H3,(H,25,26)/p-1. The topological polar surface area (TPSA) is 88.6 Å².